The average molecular weight is 334 g/mol. The number of methoxy groups -OCH3 is 2. The normalized spacial score (nSPS) is 10.3. The second kappa shape index (κ2) is 7.49. The summed E-state index contributed by atoms with van der Waals surface area (Å²) in [4.78, 5) is 24.7. The van der Waals surface area contributed by atoms with Crippen LogP contribution in [0.3, 0.4) is 0 Å². The van der Waals surface area contributed by atoms with E-state index >= 15 is 0 Å². The third kappa shape index (κ3) is 4.25. The first-order valence-electron chi connectivity index (χ1n) is 7.09. The summed E-state index contributed by atoms with van der Waals surface area (Å²) < 4.78 is 15.2. The molecule has 0 spiro atoms. The zero-order chi connectivity index (χ0) is 17.7. The van der Waals surface area contributed by atoms with Crippen LogP contribution in [-0.4, -0.2) is 47.8 Å². The molecule has 0 saturated carbocycles. The first-order valence-corrected chi connectivity index (χ1v) is 7.09. The molecule has 0 aliphatic carbocycles. The van der Waals surface area contributed by atoms with Crippen molar-refractivity contribution >= 4 is 11.9 Å². The largest absolute Gasteiger partial charge is 0.497 e. The lowest BCUT2D eigenvalue weighted by atomic mass is 10.1. The van der Waals surface area contributed by atoms with Crippen molar-refractivity contribution in [3.63, 3.8) is 0 Å². The van der Waals surface area contributed by atoms with E-state index < -0.39 is 18.4 Å². The Balaban J connectivity index is 2.28. The predicted molar refractivity (Wildman–Crippen MR) is 83.2 cm³/mol. The molecule has 1 aromatic heterocycles. The van der Waals surface area contributed by atoms with Crippen LogP contribution < -0.4 is 9.47 Å². The van der Waals surface area contributed by atoms with Gasteiger partial charge in [-0.05, 0) is 24.6 Å². The second-order valence-corrected chi connectivity index (χ2v) is 5.10. The first kappa shape index (κ1) is 17.3. The minimum absolute atomic E-state index is 0.0589. The van der Waals surface area contributed by atoms with E-state index in [-0.39, 0.29) is 12.2 Å². The van der Waals surface area contributed by atoms with Crippen molar-refractivity contribution in [2.24, 2.45) is 0 Å². The highest BCUT2D eigenvalue weighted by atomic mass is 16.5. The SMILES string of the molecule is COc1cc(CN(CC(=O)O)C(=O)c2cc(C)on2)cc(OC)c1. The van der Waals surface area contributed by atoms with Crippen LogP contribution in [0.4, 0.5) is 0 Å². The lowest BCUT2D eigenvalue weighted by Crippen LogP contribution is -2.35. The quantitative estimate of drug-likeness (QED) is 0.822. The van der Waals surface area contributed by atoms with Gasteiger partial charge >= 0.3 is 5.97 Å². The maximum Gasteiger partial charge on any atom is 0.323 e. The molecule has 128 valence electrons. The number of aryl methyl sites for hydroxylation is 1. The highest BCUT2D eigenvalue weighted by Crippen LogP contribution is 2.23. The molecule has 0 fully saturated rings. The number of ether oxygens (including phenoxy) is 2. The minimum Gasteiger partial charge on any atom is -0.497 e. The molecule has 1 N–H and O–H groups in total. The van der Waals surface area contributed by atoms with Gasteiger partial charge in [0.15, 0.2) is 5.69 Å². The Morgan fingerprint density at radius 1 is 1.17 bits per heavy atom. The van der Waals surface area contributed by atoms with E-state index in [2.05, 4.69) is 5.16 Å². The molecule has 2 aromatic rings. The molecule has 1 heterocycles. The number of amides is 1. The zero-order valence-corrected chi connectivity index (χ0v) is 13.6. The van der Waals surface area contributed by atoms with Crippen LogP contribution >= 0.6 is 0 Å². The number of hydrogen-bond donors (Lipinski definition) is 1. The van der Waals surface area contributed by atoms with Gasteiger partial charge in [0, 0.05) is 18.7 Å². The first-order chi connectivity index (χ1) is 11.4. The molecule has 0 unspecified atom stereocenters. The summed E-state index contributed by atoms with van der Waals surface area (Å²) in [5.74, 6) is -0.0974. The minimum atomic E-state index is -1.13. The summed E-state index contributed by atoms with van der Waals surface area (Å²) >= 11 is 0. The Morgan fingerprint density at radius 3 is 2.25 bits per heavy atom. The smallest absolute Gasteiger partial charge is 0.323 e. The van der Waals surface area contributed by atoms with Gasteiger partial charge in [-0.1, -0.05) is 5.16 Å². The number of carbonyl (C=O) groups is 2. The molecule has 0 radical (unpaired) electrons. The number of nitrogens with zero attached hydrogens (tertiary/aromatic N) is 2. The topological polar surface area (TPSA) is 102 Å². The van der Waals surface area contributed by atoms with Crippen LogP contribution in [0.2, 0.25) is 0 Å². The molecule has 0 saturated heterocycles. The standard InChI is InChI=1S/C16H18N2O6/c1-10-4-14(17-24-10)16(21)18(9-15(19)20)8-11-5-12(22-2)7-13(6-11)23-3/h4-7H,8-9H2,1-3H3,(H,19,20). The fourth-order valence-corrected chi connectivity index (χ4v) is 2.17. The van der Waals surface area contributed by atoms with E-state index in [0.29, 0.717) is 22.8 Å². The number of hydrogen-bond acceptors (Lipinski definition) is 6. The lowest BCUT2D eigenvalue weighted by Gasteiger charge is -2.20. The molecule has 1 amide bonds. The van der Waals surface area contributed by atoms with Crippen molar-refractivity contribution in [2.45, 2.75) is 13.5 Å². The van der Waals surface area contributed by atoms with E-state index in [1.54, 1.807) is 25.1 Å². The van der Waals surface area contributed by atoms with Crippen LogP contribution in [0, 0.1) is 6.92 Å². The van der Waals surface area contributed by atoms with Crippen molar-refractivity contribution in [3.8, 4) is 11.5 Å². The highest BCUT2D eigenvalue weighted by molar-refractivity contribution is 5.94. The molecule has 8 heteroatoms. The average Bonchev–Trinajstić information content (AvgIpc) is 2.99. The van der Waals surface area contributed by atoms with Gasteiger partial charge in [-0.15, -0.1) is 0 Å². The summed E-state index contributed by atoms with van der Waals surface area (Å²) in [6.45, 7) is 1.24. The number of rotatable bonds is 7. The summed E-state index contributed by atoms with van der Waals surface area (Å²) in [5.41, 5.74) is 0.727. The molecule has 0 atom stereocenters. The Morgan fingerprint density at radius 2 is 1.79 bits per heavy atom. The fourth-order valence-electron chi connectivity index (χ4n) is 2.17. The Labute approximate surface area is 138 Å². The van der Waals surface area contributed by atoms with Crippen LogP contribution in [0.1, 0.15) is 21.8 Å². The van der Waals surface area contributed by atoms with Crippen LogP contribution in [-0.2, 0) is 11.3 Å². The number of carbonyl (C=O) groups excluding carboxylic acids is 1. The van der Waals surface area contributed by atoms with Gasteiger partial charge in [-0.2, -0.15) is 0 Å². The number of aromatic nitrogens is 1. The van der Waals surface area contributed by atoms with Gasteiger partial charge in [-0.25, -0.2) is 0 Å². The van der Waals surface area contributed by atoms with Crippen molar-refractivity contribution in [2.75, 3.05) is 20.8 Å². The molecule has 2 rings (SSSR count). The zero-order valence-electron chi connectivity index (χ0n) is 13.6. The molecule has 1 aromatic carbocycles. The van der Waals surface area contributed by atoms with Gasteiger partial charge in [0.25, 0.3) is 5.91 Å². The van der Waals surface area contributed by atoms with Gasteiger partial charge in [0.2, 0.25) is 0 Å². The number of aliphatic carboxylic acids is 1. The van der Waals surface area contributed by atoms with Crippen molar-refractivity contribution in [1.29, 1.82) is 0 Å². The van der Waals surface area contributed by atoms with E-state index in [1.807, 2.05) is 0 Å². The van der Waals surface area contributed by atoms with Crippen LogP contribution in [0.5, 0.6) is 11.5 Å². The lowest BCUT2D eigenvalue weighted by molar-refractivity contribution is -0.137. The maximum absolute atomic E-state index is 12.5. The summed E-state index contributed by atoms with van der Waals surface area (Å²) in [7, 11) is 3.02. The van der Waals surface area contributed by atoms with E-state index in [1.165, 1.54) is 20.3 Å². The van der Waals surface area contributed by atoms with Gasteiger partial charge in [0.1, 0.15) is 23.8 Å². The molecule has 24 heavy (non-hydrogen) atoms. The van der Waals surface area contributed by atoms with E-state index in [4.69, 9.17) is 19.1 Å². The van der Waals surface area contributed by atoms with E-state index in [0.717, 1.165) is 4.90 Å². The predicted octanol–water partition coefficient (Wildman–Crippen LogP) is 1.73. The van der Waals surface area contributed by atoms with Crippen LogP contribution in [0.25, 0.3) is 0 Å². The monoisotopic (exact) mass is 334 g/mol. The summed E-state index contributed by atoms with van der Waals surface area (Å²) in [6, 6.07) is 6.56. The van der Waals surface area contributed by atoms with Gasteiger partial charge in [0.05, 0.1) is 14.2 Å². The fraction of sp³-hybridized carbons (Fsp3) is 0.312. The van der Waals surface area contributed by atoms with Crippen molar-refractivity contribution in [3.05, 3.63) is 41.3 Å². The Hall–Kier alpha value is -3.03. The summed E-state index contributed by atoms with van der Waals surface area (Å²) in [5, 5.41) is 12.7. The molecule has 0 aliphatic rings. The molecule has 8 nitrogen and oxygen atoms in total. The Kier molecular flexibility index (Phi) is 5.41. The molecular formula is C16H18N2O6. The van der Waals surface area contributed by atoms with Crippen LogP contribution in [0.15, 0.2) is 28.8 Å². The summed E-state index contributed by atoms with van der Waals surface area (Å²) in [6.07, 6.45) is 0. The highest BCUT2D eigenvalue weighted by Gasteiger charge is 2.22. The van der Waals surface area contributed by atoms with Crippen molar-refractivity contribution < 1.29 is 28.7 Å². The molecule has 0 bridgehead atoms. The number of benzene rings is 1. The van der Waals surface area contributed by atoms with E-state index in [9.17, 15) is 9.59 Å². The molecular weight excluding hydrogens is 316 g/mol. The van der Waals surface area contributed by atoms with Gasteiger partial charge in [-0.3, -0.25) is 9.59 Å². The second-order valence-electron chi connectivity index (χ2n) is 5.10. The van der Waals surface area contributed by atoms with Gasteiger partial charge < -0.3 is 24.0 Å². The maximum atomic E-state index is 12.5. The third-order valence-electron chi connectivity index (χ3n) is 3.25. The third-order valence-corrected chi connectivity index (χ3v) is 3.25. The number of carboxylic acids is 1. The Bertz CT molecular complexity index is 718. The van der Waals surface area contributed by atoms with Crippen molar-refractivity contribution in [1.82, 2.24) is 10.1 Å². The molecule has 0 aliphatic heterocycles. The number of carboxylic acid groups (broad SMARTS) is 1.